The Hall–Kier alpha value is -1.33. The quantitative estimate of drug-likeness (QED) is 0.536. The lowest BCUT2D eigenvalue weighted by Crippen LogP contribution is -2.26. The third kappa shape index (κ3) is 3.81. The van der Waals surface area contributed by atoms with E-state index in [1.54, 1.807) is 6.92 Å². The fourth-order valence-electron chi connectivity index (χ4n) is 5.07. The Morgan fingerprint density at radius 1 is 0.963 bits per heavy atom. The molecule has 0 amide bonds. The van der Waals surface area contributed by atoms with Crippen molar-refractivity contribution in [1.29, 1.82) is 0 Å². The van der Waals surface area contributed by atoms with E-state index in [0.29, 0.717) is 12.8 Å². The summed E-state index contributed by atoms with van der Waals surface area (Å²) in [6.07, 6.45) is -2.64. The highest BCUT2D eigenvalue weighted by atomic mass is 19.2. The van der Waals surface area contributed by atoms with Crippen LogP contribution in [0.2, 0.25) is 0 Å². The summed E-state index contributed by atoms with van der Waals surface area (Å²) in [7, 11) is 0. The molecule has 2 aliphatic carbocycles. The SMILES string of the molecule is CCCC1CC2CC(F)C(c3ccc(OCC)c(F)c3F)C(F)CC2C1F. The van der Waals surface area contributed by atoms with Gasteiger partial charge in [-0.1, -0.05) is 19.4 Å². The molecule has 2 aliphatic rings. The Kier molecular flexibility index (Phi) is 6.32. The minimum atomic E-state index is -1.75. The Morgan fingerprint density at radius 3 is 2.33 bits per heavy atom. The van der Waals surface area contributed by atoms with Gasteiger partial charge in [0.1, 0.15) is 18.5 Å². The van der Waals surface area contributed by atoms with Crippen LogP contribution in [-0.2, 0) is 0 Å². The average Bonchev–Trinajstić information content (AvgIpc) is 2.83. The Labute approximate surface area is 157 Å². The first-order chi connectivity index (χ1) is 12.9. The molecule has 7 unspecified atom stereocenters. The summed E-state index contributed by atoms with van der Waals surface area (Å²) in [6, 6.07) is 2.40. The van der Waals surface area contributed by atoms with Crippen LogP contribution < -0.4 is 4.74 Å². The van der Waals surface area contributed by atoms with Gasteiger partial charge in [0.25, 0.3) is 0 Å². The zero-order chi connectivity index (χ0) is 19.7. The highest BCUT2D eigenvalue weighted by Crippen LogP contribution is 2.51. The largest absolute Gasteiger partial charge is 0.491 e. The van der Waals surface area contributed by atoms with Crippen LogP contribution in [0.3, 0.4) is 0 Å². The number of hydrogen-bond donors (Lipinski definition) is 0. The summed E-state index contributed by atoms with van der Waals surface area (Å²) in [4.78, 5) is 0. The van der Waals surface area contributed by atoms with Gasteiger partial charge in [-0.05, 0) is 56.4 Å². The summed E-state index contributed by atoms with van der Waals surface area (Å²) in [6.45, 7) is 3.75. The molecule has 0 bridgehead atoms. The molecule has 152 valence electrons. The molecule has 1 aromatic carbocycles. The Balaban J connectivity index is 1.86. The van der Waals surface area contributed by atoms with Gasteiger partial charge in [0.05, 0.1) is 6.61 Å². The second kappa shape index (κ2) is 8.36. The summed E-state index contributed by atoms with van der Waals surface area (Å²) in [5, 5.41) is 0. The molecule has 1 aromatic rings. The molecule has 1 nitrogen and oxygen atoms in total. The lowest BCUT2D eigenvalue weighted by atomic mass is 9.86. The highest BCUT2D eigenvalue weighted by molar-refractivity contribution is 5.34. The molecule has 0 radical (unpaired) electrons. The van der Waals surface area contributed by atoms with Crippen molar-refractivity contribution in [3.8, 4) is 5.75 Å². The standard InChI is InChI=1S/C21H27F5O/c1-3-5-11-8-12-9-15(22)18(16(23)10-14(12)19(11)24)13-6-7-17(27-4-2)21(26)20(13)25/h6-7,11-12,14-16,18-19H,3-5,8-10H2,1-2H3. The molecule has 0 aliphatic heterocycles. The molecular weight excluding hydrogens is 363 g/mol. The van der Waals surface area contributed by atoms with Crippen LogP contribution in [0.5, 0.6) is 5.75 Å². The van der Waals surface area contributed by atoms with Gasteiger partial charge >= 0.3 is 0 Å². The second-order valence-electron chi connectivity index (χ2n) is 7.90. The van der Waals surface area contributed by atoms with E-state index in [9.17, 15) is 17.6 Å². The second-order valence-corrected chi connectivity index (χ2v) is 7.90. The van der Waals surface area contributed by atoms with E-state index in [1.807, 2.05) is 6.92 Å². The maximum Gasteiger partial charge on any atom is 0.200 e. The van der Waals surface area contributed by atoms with Crippen LogP contribution in [0, 0.1) is 29.4 Å². The number of rotatable bonds is 5. The summed E-state index contributed by atoms with van der Waals surface area (Å²) in [5.74, 6) is -5.14. The van der Waals surface area contributed by atoms with Gasteiger partial charge in [-0.15, -0.1) is 0 Å². The fraction of sp³-hybridized carbons (Fsp3) is 0.714. The average molecular weight is 390 g/mol. The summed E-state index contributed by atoms with van der Waals surface area (Å²) in [5.41, 5.74) is -0.323. The van der Waals surface area contributed by atoms with E-state index < -0.39 is 42.0 Å². The first kappa shape index (κ1) is 20.4. The van der Waals surface area contributed by atoms with Gasteiger partial charge in [-0.25, -0.2) is 17.6 Å². The molecule has 0 spiro atoms. The molecule has 2 fully saturated rings. The third-order valence-corrected chi connectivity index (χ3v) is 6.27. The molecular formula is C21H27F5O. The molecule has 0 saturated heterocycles. The number of benzene rings is 1. The van der Waals surface area contributed by atoms with Crippen molar-refractivity contribution in [2.75, 3.05) is 6.61 Å². The van der Waals surface area contributed by atoms with E-state index in [1.165, 1.54) is 12.1 Å². The minimum Gasteiger partial charge on any atom is -0.491 e. The van der Waals surface area contributed by atoms with Gasteiger partial charge in [0.15, 0.2) is 11.6 Å². The molecule has 27 heavy (non-hydrogen) atoms. The van der Waals surface area contributed by atoms with Crippen molar-refractivity contribution < 1.29 is 26.7 Å². The summed E-state index contributed by atoms with van der Waals surface area (Å²) < 4.78 is 78.5. The van der Waals surface area contributed by atoms with Crippen LogP contribution in [0.1, 0.15) is 57.4 Å². The van der Waals surface area contributed by atoms with Crippen LogP contribution in [0.4, 0.5) is 22.0 Å². The lowest BCUT2D eigenvalue weighted by molar-refractivity contribution is 0.139. The van der Waals surface area contributed by atoms with Gasteiger partial charge in [0.2, 0.25) is 5.82 Å². The lowest BCUT2D eigenvalue weighted by Gasteiger charge is -2.25. The van der Waals surface area contributed by atoms with Crippen molar-refractivity contribution in [2.24, 2.45) is 17.8 Å². The predicted octanol–water partition coefficient (Wildman–Crippen LogP) is 6.31. The van der Waals surface area contributed by atoms with Crippen LogP contribution in [-0.4, -0.2) is 25.1 Å². The van der Waals surface area contributed by atoms with Crippen LogP contribution >= 0.6 is 0 Å². The molecule has 3 rings (SSSR count). The van der Waals surface area contributed by atoms with Crippen molar-refractivity contribution in [3.05, 3.63) is 29.3 Å². The van der Waals surface area contributed by atoms with Crippen molar-refractivity contribution in [1.82, 2.24) is 0 Å². The zero-order valence-electron chi connectivity index (χ0n) is 15.7. The first-order valence-corrected chi connectivity index (χ1v) is 9.91. The zero-order valence-corrected chi connectivity index (χ0v) is 15.7. The van der Waals surface area contributed by atoms with E-state index in [2.05, 4.69) is 0 Å². The maximum atomic E-state index is 15.0. The summed E-state index contributed by atoms with van der Waals surface area (Å²) >= 11 is 0. The van der Waals surface area contributed by atoms with Crippen LogP contribution in [0.25, 0.3) is 0 Å². The molecule has 0 N–H and O–H groups in total. The maximum absolute atomic E-state index is 15.0. The Bertz CT molecular complexity index is 652. The van der Waals surface area contributed by atoms with E-state index in [-0.39, 0.29) is 42.6 Å². The van der Waals surface area contributed by atoms with Gasteiger partial charge in [-0.2, -0.15) is 4.39 Å². The fourth-order valence-corrected chi connectivity index (χ4v) is 5.07. The smallest absolute Gasteiger partial charge is 0.200 e. The number of halogens is 5. The number of ether oxygens (including phenoxy) is 1. The molecule has 2 saturated carbocycles. The molecule has 7 atom stereocenters. The predicted molar refractivity (Wildman–Crippen MR) is 94.2 cm³/mol. The molecule has 0 aromatic heterocycles. The Morgan fingerprint density at radius 2 is 1.67 bits per heavy atom. The highest BCUT2D eigenvalue weighted by Gasteiger charge is 2.50. The minimum absolute atomic E-state index is 0.00927. The van der Waals surface area contributed by atoms with E-state index in [4.69, 9.17) is 4.74 Å². The monoisotopic (exact) mass is 390 g/mol. The van der Waals surface area contributed by atoms with Crippen molar-refractivity contribution >= 4 is 0 Å². The van der Waals surface area contributed by atoms with Crippen molar-refractivity contribution in [3.63, 3.8) is 0 Å². The van der Waals surface area contributed by atoms with E-state index >= 15 is 4.39 Å². The number of hydrogen-bond acceptors (Lipinski definition) is 1. The van der Waals surface area contributed by atoms with Crippen LogP contribution in [0.15, 0.2) is 12.1 Å². The number of alkyl halides is 3. The van der Waals surface area contributed by atoms with Gasteiger partial charge in [0, 0.05) is 11.5 Å². The number of fused-ring (bicyclic) bond motifs is 1. The molecule has 0 heterocycles. The van der Waals surface area contributed by atoms with E-state index in [0.717, 1.165) is 6.42 Å². The third-order valence-electron chi connectivity index (χ3n) is 6.27. The van der Waals surface area contributed by atoms with Gasteiger partial charge in [-0.3, -0.25) is 0 Å². The van der Waals surface area contributed by atoms with Gasteiger partial charge < -0.3 is 4.74 Å². The normalized spacial score (nSPS) is 36.3. The molecule has 6 heteroatoms. The first-order valence-electron chi connectivity index (χ1n) is 9.91. The topological polar surface area (TPSA) is 9.23 Å². The van der Waals surface area contributed by atoms with Crippen molar-refractivity contribution in [2.45, 2.75) is 70.4 Å².